The summed E-state index contributed by atoms with van der Waals surface area (Å²) in [5, 5.41) is 6.43. The number of likely N-dealkylation sites (N-methyl/N-ethyl adjacent to an activating group) is 1. The van der Waals surface area contributed by atoms with E-state index < -0.39 is 0 Å². The number of benzene rings is 1. The monoisotopic (exact) mass is 262 g/mol. The van der Waals surface area contributed by atoms with Gasteiger partial charge in [-0.2, -0.15) is 0 Å². The number of carbonyl (C=O) groups is 1. The first-order chi connectivity index (χ1) is 7.13. The summed E-state index contributed by atoms with van der Waals surface area (Å²) >= 11 is 5.79. The molecule has 1 aromatic rings. The third-order valence-electron chi connectivity index (χ3n) is 2.15. The number of rotatable bonds is 4. The van der Waals surface area contributed by atoms with Crippen molar-refractivity contribution in [2.24, 2.45) is 0 Å². The average Bonchev–Trinajstić information content (AvgIpc) is 2.25. The maximum absolute atomic E-state index is 11.6. The molecular weight excluding hydrogens is 247 g/mol. The van der Waals surface area contributed by atoms with Crippen LogP contribution in [0, 0.1) is 0 Å². The van der Waals surface area contributed by atoms with Crippen LogP contribution in [0.5, 0.6) is 0 Å². The highest BCUT2D eigenvalue weighted by atomic mass is 35.5. The van der Waals surface area contributed by atoms with Crippen molar-refractivity contribution in [1.82, 2.24) is 10.6 Å². The number of hydrogen-bond donors (Lipinski definition) is 2. The zero-order valence-electron chi connectivity index (χ0n) is 9.29. The van der Waals surface area contributed by atoms with Crippen LogP contribution in [-0.4, -0.2) is 25.5 Å². The molecule has 0 fully saturated rings. The highest BCUT2D eigenvalue weighted by Crippen LogP contribution is 2.10. The van der Waals surface area contributed by atoms with Crippen LogP contribution in [0.1, 0.15) is 17.3 Å². The predicted octanol–water partition coefficient (Wildman–Crippen LogP) is 2.10. The zero-order chi connectivity index (χ0) is 11.3. The zero-order valence-corrected chi connectivity index (χ0v) is 10.9. The summed E-state index contributed by atoms with van der Waals surface area (Å²) < 4.78 is 0. The maximum Gasteiger partial charge on any atom is 0.251 e. The molecule has 0 saturated heterocycles. The SMILES string of the molecule is CNC(C)CNC(=O)c1cccc(Cl)c1.Cl. The lowest BCUT2D eigenvalue weighted by atomic mass is 10.2. The number of amides is 1. The fourth-order valence-corrected chi connectivity index (χ4v) is 1.27. The van der Waals surface area contributed by atoms with Gasteiger partial charge in [-0.1, -0.05) is 17.7 Å². The van der Waals surface area contributed by atoms with E-state index in [0.717, 1.165) is 0 Å². The predicted molar refractivity (Wildman–Crippen MR) is 69.6 cm³/mol. The van der Waals surface area contributed by atoms with E-state index in [-0.39, 0.29) is 24.4 Å². The van der Waals surface area contributed by atoms with Crippen molar-refractivity contribution in [3.63, 3.8) is 0 Å². The normalized spacial score (nSPS) is 11.4. The summed E-state index contributed by atoms with van der Waals surface area (Å²) in [6, 6.07) is 7.16. The van der Waals surface area contributed by atoms with Gasteiger partial charge in [0.15, 0.2) is 0 Å². The van der Waals surface area contributed by atoms with Gasteiger partial charge in [0.2, 0.25) is 0 Å². The van der Waals surface area contributed by atoms with Crippen LogP contribution < -0.4 is 10.6 Å². The first-order valence-electron chi connectivity index (χ1n) is 4.84. The van der Waals surface area contributed by atoms with Crippen LogP contribution in [0.3, 0.4) is 0 Å². The molecule has 0 radical (unpaired) electrons. The number of hydrogen-bond acceptors (Lipinski definition) is 2. The minimum atomic E-state index is -0.0976. The Balaban J connectivity index is 0.00000225. The van der Waals surface area contributed by atoms with E-state index in [1.54, 1.807) is 24.3 Å². The molecule has 1 aromatic carbocycles. The minimum absolute atomic E-state index is 0. The van der Waals surface area contributed by atoms with Gasteiger partial charge in [-0.05, 0) is 32.2 Å². The average molecular weight is 263 g/mol. The lowest BCUT2D eigenvalue weighted by Crippen LogP contribution is -2.37. The highest BCUT2D eigenvalue weighted by molar-refractivity contribution is 6.30. The molecule has 0 aromatic heterocycles. The first kappa shape index (κ1) is 15.2. The summed E-state index contributed by atoms with van der Waals surface area (Å²) in [6.07, 6.45) is 0. The molecule has 0 spiro atoms. The minimum Gasteiger partial charge on any atom is -0.350 e. The second kappa shape index (κ2) is 7.49. The molecule has 5 heteroatoms. The van der Waals surface area contributed by atoms with Gasteiger partial charge in [-0.25, -0.2) is 0 Å². The molecule has 1 amide bonds. The van der Waals surface area contributed by atoms with Gasteiger partial charge in [0.05, 0.1) is 0 Å². The van der Waals surface area contributed by atoms with Gasteiger partial charge in [0, 0.05) is 23.2 Å². The van der Waals surface area contributed by atoms with Crippen LogP contribution in [-0.2, 0) is 0 Å². The second-order valence-electron chi connectivity index (χ2n) is 3.41. The van der Waals surface area contributed by atoms with Gasteiger partial charge in [-0.3, -0.25) is 4.79 Å². The smallest absolute Gasteiger partial charge is 0.251 e. The summed E-state index contributed by atoms with van der Waals surface area (Å²) in [5.74, 6) is -0.0976. The molecule has 0 aliphatic rings. The van der Waals surface area contributed by atoms with E-state index in [1.807, 2.05) is 14.0 Å². The van der Waals surface area contributed by atoms with Gasteiger partial charge < -0.3 is 10.6 Å². The molecule has 3 nitrogen and oxygen atoms in total. The molecule has 0 heterocycles. The van der Waals surface area contributed by atoms with Crippen molar-refractivity contribution >= 4 is 29.9 Å². The number of nitrogens with one attached hydrogen (secondary N) is 2. The molecule has 1 unspecified atom stereocenters. The Hall–Kier alpha value is -0.770. The molecule has 0 aliphatic carbocycles. The molecule has 16 heavy (non-hydrogen) atoms. The van der Waals surface area contributed by atoms with E-state index in [2.05, 4.69) is 10.6 Å². The van der Waals surface area contributed by atoms with E-state index >= 15 is 0 Å². The Morgan fingerprint density at radius 2 is 2.19 bits per heavy atom. The van der Waals surface area contributed by atoms with Gasteiger partial charge >= 0.3 is 0 Å². The topological polar surface area (TPSA) is 41.1 Å². The molecule has 0 saturated carbocycles. The Bertz CT molecular complexity index is 345. The van der Waals surface area contributed by atoms with E-state index in [1.165, 1.54) is 0 Å². The largest absolute Gasteiger partial charge is 0.350 e. The number of halogens is 2. The van der Waals surface area contributed by atoms with Crippen LogP contribution in [0.2, 0.25) is 5.02 Å². The van der Waals surface area contributed by atoms with Gasteiger partial charge in [0.1, 0.15) is 0 Å². The van der Waals surface area contributed by atoms with Crippen LogP contribution >= 0.6 is 24.0 Å². The molecule has 1 atom stereocenters. The molecule has 0 bridgehead atoms. The lowest BCUT2D eigenvalue weighted by molar-refractivity contribution is 0.0950. The summed E-state index contributed by atoms with van der Waals surface area (Å²) in [7, 11) is 1.86. The molecular formula is C11H16Cl2N2O. The molecule has 0 aliphatic heterocycles. The summed E-state index contributed by atoms with van der Waals surface area (Å²) in [4.78, 5) is 11.6. The quantitative estimate of drug-likeness (QED) is 0.873. The lowest BCUT2D eigenvalue weighted by Gasteiger charge is -2.11. The molecule has 1 rings (SSSR count). The second-order valence-corrected chi connectivity index (χ2v) is 3.85. The maximum atomic E-state index is 11.6. The summed E-state index contributed by atoms with van der Waals surface area (Å²) in [5.41, 5.74) is 0.589. The fraction of sp³-hybridized carbons (Fsp3) is 0.364. The van der Waals surface area contributed by atoms with Gasteiger partial charge in [0.25, 0.3) is 5.91 Å². The first-order valence-corrected chi connectivity index (χ1v) is 5.22. The molecule has 2 N–H and O–H groups in total. The third kappa shape index (κ3) is 4.84. The van der Waals surface area contributed by atoms with Gasteiger partial charge in [-0.15, -0.1) is 12.4 Å². The van der Waals surface area contributed by atoms with Crippen LogP contribution in [0.25, 0.3) is 0 Å². The van der Waals surface area contributed by atoms with E-state index in [0.29, 0.717) is 17.1 Å². The van der Waals surface area contributed by atoms with Crippen molar-refractivity contribution in [2.45, 2.75) is 13.0 Å². The Morgan fingerprint density at radius 3 is 2.75 bits per heavy atom. The Labute approximate surface area is 107 Å². The molecule has 90 valence electrons. The van der Waals surface area contributed by atoms with Crippen molar-refractivity contribution < 1.29 is 4.79 Å². The van der Waals surface area contributed by atoms with E-state index in [9.17, 15) is 4.79 Å². The fourth-order valence-electron chi connectivity index (χ4n) is 1.08. The van der Waals surface area contributed by atoms with E-state index in [4.69, 9.17) is 11.6 Å². The third-order valence-corrected chi connectivity index (χ3v) is 2.38. The van der Waals surface area contributed by atoms with Crippen LogP contribution in [0.4, 0.5) is 0 Å². The van der Waals surface area contributed by atoms with Crippen molar-refractivity contribution in [3.8, 4) is 0 Å². The Morgan fingerprint density at radius 1 is 1.50 bits per heavy atom. The van der Waals surface area contributed by atoms with Crippen molar-refractivity contribution in [1.29, 1.82) is 0 Å². The summed E-state index contributed by atoms with van der Waals surface area (Å²) in [6.45, 7) is 2.60. The van der Waals surface area contributed by atoms with Crippen molar-refractivity contribution in [3.05, 3.63) is 34.9 Å². The number of carbonyl (C=O) groups excluding carboxylic acids is 1. The van der Waals surface area contributed by atoms with Crippen molar-refractivity contribution in [2.75, 3.05) is 13.6 Å². The Kier molecular flexibility index (Phi) is 7.13. The highest BCUT2D eigenvalue weighted by Gasteiger charge is 2.06. The van der Waals surface area contributed by atoms with Crippen LogP contribution in [0.15, 0.2) is 24.3 Å². The standard InChI is InChI=1S/C11H15ClN2O.ClH/c1-8(13-2)7-14-11(15)9-4-3-5-10(12)6-9;/h3-6,8,13H,7H2,1-2H3,(H,14,15);1H.